The topological polar surface area (TPSA) is 71.9 Å². The number of carbonyl (C=O) groups excluding carboxylic acids is 1. The van der Waals surface area contributed by atoms with E-state index >= 15 is 0 Å². The maximum Gasteiger partial charge on any atom is 0.434 e. The van der Waals surface area contributed by atoms with Gasteiger partial charge in [-0.05, 0) is 19.1 Å². The maximum atomic E-state index is 12.8. The molecule has 1 unspecified atom stereocenters. The first-order valence-corrected chi connectivity index (χ1v) is 9.33. The Morgan fingerprint density at radius 1 is 1.25 bits per heavy atom. The number of hydrogen-bond acceptors (Lipinski definition) is 6. The van der Waals surface area contributed by atoms with Crippen LogP contribution in [0.4, 0.5) is 13.2 Å². The quantitative estimate of drug-likeness (QED) is 0.649. The first kappa shape index (κ1) is 18.5. The van der Waals surface area contributed by atoms with Crippen LogP contribution in [0.25, 0.3) is 11.5 Å². The molecular formula is C18H14F3N5OS. The number of alkyl halides is 3. The lowest BCUT2D eigenvalue weighted by Crippen LogP contribution is -2.39. The molecule has 0 aliphatic carbocycles. The third-order valence-corrected chi connectivity index (χ3v) is 5.37. The van der Waals surface area contributed by atoms with E-state index in [1.165, 1.54) is 4.90 Å². The molecule has 144 valence electrons. The van der Waals surface area contributed by atoms with Gasteiger partial charge in [0.1, 0.15) is 5.69 Å². The summed E-state index contributed by atoms with van der Waals surface area (Å²) in [5.74, 6) is -0.0199. The summed E-state index contributed by atoms with van der Waals surface area (Å²) in [6.07, 6.45) is -0.778. The minimum Gasteiger partial charge on any atom is -0.329 e. The lowest BCUT2D eigenvalue weighted by Gasteiger charge is -2.34. The van der Waals surface area contributed by atoms with E-state index in [1.807, 2.05) is 12.1 Å². The van der Waals surface area contributed by atoms with Crippen molar-refractivity contribution in [3.05, 3.63) is 57.9 Å². The SMILES string of the molecule is CC1c2cnc(-c3ccccn3)nc2CCN1C(=O)c1nc(C(F)(F)F)cs1. The maximum absolute atomic E-state index is 12.8. The molecule has 0 radical (unpaired) electrons. The molecule has 28 heavy (non-hydrogen) atoms. The number of carbonyl (C=O) groups is 1. The molecule has 0 saturated heterocycles. The summed E-state index contributed by atoms with van der Waals surface area (Å²) in [6.45, 7) is 2.14. The summed E-state index contributed by atoms with van der Waals surface area (Å²) in [4.78, 5) is 30.8. The lowest BCUT2D eigenvalue weighted by atomic mass is 9.99. The fraction of sp³-hybridized carbons (Fsp3) is 0.278. The fourth-order valence-electron chi connectivity index (χ4n) is 3.08. The number of pyridine rings is 1. The van der Waals surface area contributed by atoms with Gasteiger partial charge < -0.3 is 4.90 Å². The first-order valence-electron chi connectivity index (χ1n) is 8.45. The van der Waals surface area contributed by atoms with Gasteiger partial charge in [0.2, 0.25) is 0 Å². The Hall–Kier alpha value is -2.88. The van der Waals surface area contributed by atoms with Crippen LogP contribution in [-0.4, -0.2) is 37.3 Å². The third kappa shape index (κ3) is 3.35. The van der Waals surface area contributed by atoms with Gasteiger partial charge in [-0.3, -0.25) is 9.78 Å². The van der Waals surface area contributed by atoms with Crippen molar-refractivity contribution in [2.75, 3.05) is 6.54 Å². The third-order valence-electron chi connectivity index (χ3n) is 4.54. The van der Waals surface area contributed by atoms with Crippen molar-refractivity contribution in [1.82, 2.24) is 24.8 Å². The van der Waals surface area contributed by atoms with Crippen LogP contribution in [-0.2, 0) is 12.6 Å². The van der Waals surface area contributed by atoms with Crippen molar-refractivity contribution < 1.29 is 18.0 Å². The Morgan fingerprint density at radius 3 is 2.75 bits per heavy atom. The van der Waals surface area contributed by atoms with E-state index in [-0.39, 0.29) is 11.0 Å². The van der Waals surface area contributed by atoms with Crippen LogP contribution in [0.15, 0.2) is 36.0 Å². The van der Waals surface area contributed by atoms with Gasteiger partial charge in [-0.15, -0.1) is 11.3 Å². The molecule has 0 saturated carbocycles. The van der Waals surface area contributed by atoms with E-state index in [2.05, 4.69) is 19.9 Å². The van der Waals surface area contributed by atoms with Crippen LogP contribution in [0.3, 0.4) is 0 Å². The molecule has 0 N–H and O–H groups in total. The highest BCUT2D eigenvalue weighted by atomic mass is 32.1. The Balaban J connectivity index is 1.59. The van der Waals surface area contributed by atoms with Crippen molar-refractivity contribution in [3.63, 3.8) is 0 Å². The Bertz CT molecular complexity index is 1020. The highest BCUT2D eigenvalue weighted by Crippen LogP contribution is 2.33. The van der Waals surface area contributed by atoms with Gasteiger partial charge in [-0.25, -0.2) is 15.0 Å². The second kappa shape index (κ2) is 6.93. The van der Waals surface area contributed by atoms with E-state index in [1.54, 1.807) is 25.4 Å². The second-order valence-corrected chi connectivity index (χ2v) is 7.13. The van der Waals surface area contributed by atoms with Crippen LogP contribution in [0.2, 0.25) is 0 Å². The lowest BCUT2D eigenvalue weighted by molar-refractivity contribution is -0.140. The summed E-state index contributed by atoms with van der Waals surface area (Å²) >= 11 is 0.699. The average Bonchev–Trinajstić information content (AvgIpc) is 3.19. The van der Waals surface area contributed by atoms with Crippen molar-refractivity contribution in [2.45, 2.75) is 25.6 Å². The number of hydrogen-bond donors (Lipinski definition) is 0. The Morgan fingerprint density at radius 2 is 2.07 bits per heavy atom. The smallest absolute Gasteiger partial charge is 0.329 e. The van der Waals surface area contributed by atoms with E-state index in [4.69, 9.17) is 0 Å². The average molecular weight is 405 g/mol. The summed E-state index contributed by atoms with van der Waals surface area (Å²) < 4.78 is 38.3. The molecule has 10 heteroatoms. The van der Waals surface area contributed by atoms with E-state index < -0.39 is 17.8 Å². The summed E-state index contributed by atoms with van der Waals surface area (Å²) in [6, 6.07) is 5.09. The molecule has 1 aliphatic rings. The van der Waals surface area contributed by atoms with Crippen molar-refractivity contribution in [1.29, 1.82) is 0 Å². The zero-order valence-corrected chi connectivity index (χ0v) is 15.5. The normalized spacial score (nSPS) is 16.7. The standard InChI is InChI=1S/C18H14F3N5OS/c1-10-11-8-23-15(13-4-2-3-6-22-13)24-12(11)5-7-26(10)17(27)16-25-14(9-28-16)18(19,20)21/h2-4,6,8-10H,5,7H2,1H3. The predicted molar refractivity (Wildman–Crippen MR) is 95.5 cm³/mol. The molecule has 0 spiro atoms. The number of amides is 1. The second-order valence-electron chi connectivity index (χ2n) is 6.27. The van der Waals surface area contributed by atoms with Gasteiger partial charge in [0.15, 0.2) is 16.5 Å². The van der Waals surface area contributed by atoms with Gasteiger partial charge >= 0.3 is 6.18 Å². The molecule has 0 bridgehead atoms. The van der Waals surface area contributed by atoms with Crippen molar-refractivity contribution in [3.8, 4) is 11.5 Å². The minimum absolute atomic E-state index is 0.173. The highest BCUT2D eigenvalue weighted by Gasteiger charge is 2.36. The monoisotopic (exact) mass is 405 g/mol. The summed E-state index contributed by atoms with van der Waals surface area (Å²) in [5.41, 5.74) is 1.18. The van der Waals surface area contributed by atoms with Gasteiger partial charge in [0.25, 0.3) is 5.91 Å². The number of halogens is 3. The van der Waals surface area contributed by atoms with Gasteiger partial charge in [0.05, 0.1) is 11.7 Å². The predicted octanol–water partition coefficient (Wildman–Crippen LogP) is 3.77. The van der Waals surface area contributed by atoms with Crippen LogP contribution in [0.5, 0.6) is 0 Å². The van der Waals surface area contributed by atoms with Crippen LogP contribution in [0, 0.1) is 0 Å². The molecule has 0 fully saturated rings. The van der Waals surface area contributed by atoms with Crippen LogP contribution in [0.1, 0.15) is 39.7 Å². The molecule has 3 aromatic rings. The Labute approximate surface area is 162 Å². The number of thiazole rings is 1. The summed E-state index contributed by atoms with van der Waals surface area (Å²) in [5, 5.41) is 0.687. The minimum atomic E-state index is -4.56. The molecular weight excluding hydrogens is 391 g/mol. The van der Waals surface area contributed by atoms with E-state index in [0.29, 0.717) is 35.8 Å². The molecule has 4 rings (SSSR count). The zero-order chi connectivity index (χ0) is 19.9. The van der Waals surface area contributed by atoms with Gasteiger partial charge in [0, 0.05) is 36.3 Å². The molecule has 1 aliphatic heterocycles. The van der Waals surface area contributed by atoms with Crippen LogP contribution < -0.4 is 0 Å². The largest absolute Gasteiger partial charge is 0.434 e. The molecule has 4 heterocycles. The molecule has 1 atom stereocenters. The molecule has 1 amide bonds. The van der Waals surface area contributed by atoms with Gasteiger partial charge in [-0.1, -0.05) is 6.07 Å². The van der Waals surface area contributed by atoms with Crippen molar-refractivity contribution in [2.24, 2.45) is 0 Å². The highest BCUT2D eigenvalue weighted by molar-refractivity contribution is 7.11. The number of nitrogens with zero attached hydrogens (tertiary/aromatic N) is 5. The zero-order valence-electron chi connectivity index (χ0n) is 14.6. The van der Waals surface area contributed by atoms with Crippen molar-refractivity contribution >= 4 is 17.2 Å². The first-order chi connectivity index (χ1) is 13.3. The molecule has 3 aromatic heterocycles. The van der Waals surface area contributed by atoms with Gasteiger partial charge in [-0.2, -0.15) is 13.2 Å². The number of fused-ring (bicyclic) bond motifs is 1. The summed E-state index contributed by atoms with van der Waals surface area (Å²) in [7, 11) is 0. The number of aromatic nitrogens is 4. The molecule has 6 nitrogen and oxygen atoms in total. The number of rotatable bonds is 2. The fourth-order valence-corrected chi connectivity index (χ4v) is 3.86. The Kier molecular flexibility index (Phi) is 4.58. The van der Waals surface area contributed by atoms with E-state index in [0.717, 1.165) is 16.6 Å². The van der Waals surface area contributed by atoms with Crippen LogP contribution >= 0.6 is 11.3 Å². The molecule has 0 aromatic carbocycles. The van der Waals surface area contributed by atoms with E-state index in [9.17, 15) is 18.0 Å².